The minimum atomic E-state index is 0.759. The van der Waals surface area contributed by atoms with E-state index in [2.05, 4.69) is 27.9 Å². The SMILES string of the molecule is COc1ccnc(-c2nc3ccc(C)cc3[nH]2)c1. The number of nitrogens with one attached hydrogen (secondary N) is 1. The molecule has 0 saturated heterocycles. The number of rotatable bonds is 2. The number of methoxy groups -OCH3 is 1. The Labute approximate surface area is 105 Å². The second kappa shape index (κ2) is 4.14. The van der Waals surface area contributed by atoms with Gasteiger partial charge < -0.3 is 9.72 Å². The molecule has 1 aromatic carbocycles. The molecule has 0 fully saturated rings. The van der Waals surface area contributed by atoms with Gasteiger partial charge in [-0.05, 0) is 30.7 Å². The molecule has 1 N–H and O–H groups in total. The number of pyridine rings is 1. The van der Waals surface area contributed by atoms with Gasteiger partial charge in [0.2, 0.25) is 0 Å². The number of hydrogen-bond acceptors (Lipinski definition) is 3. The Bertz CT molecular complexity index is 703. The Balaban J connectivity index is 2.13. The highest BCUT2D eigenvalue weighted by Gasteiger charge is 2.07. The number of benzene rings is 1. The van der Waals surface area contributed by atoms with Crippen LogP contribution in [0.2, 0.25) is 0 Å². The number of ether oxygens (including phenoxy) is 1. The maximum Gasteiger partial charge on any atom is 0.157 e. The van der Waals surface area contributed by atoms with Crippen LogP contribution in [0.4, 0.5) is 0 Å². The zero-order chi connectivity index (χ0) is 12.5. The molecule has 0 amide bonds. The average Bonchev–Trinajstić information content (AvgIpc) is 2.81. The fourth-order valence-electron chi connectivity index (χ4n) is 1.91. The van der Waals surface area contributed by atoms with E-state index in [1.54, 1.807) is 13.3 Å². The number of aryl methyl sites for hydroxylation is 1. The van der Waals surface area contributed by atoms with Crippen molar-refractivity contribution in [3.05, 3.63) is 42.1 Å². The molecule has 4 nitrogen and oxygen atoms in total. The van der Waals surface area contributed by atoms with Gasteiger partial charge in [-0.1, -0.05) is 6.07 Å². The molecule has 3 aromatic rings. The maximum atomic E-state index is 5.19. The zero-order valence-corrected chi connectivity index (χ0v) is 10.3. The largest absolute Gasteiger partial charge is 0.497 e. The first-order valence-electron chi connectivity index (χ1n) is 5.73. The molecular formula is C14H13N3O. The van der Waals surface area contributed by atoms with Crippen molar-refractivity contribution < 1.29 is 4.74 Å². The predicted octanol–water partition coefficient (Wildman–Crippen LogP) is 2.94. The summed E-state index contributed by atoms with van der Waals surface area (Å²) in [5, 5.41) is 0. The van der Waals surface area contributed by atoms with Gasteiger partial charge in [-0.25, -0.2) is 4.98 Å². The van der Waals surface area contributed by atoms with Gasteiger partial charge in [0, 0.05) is 12.3 Å². The van der Waals surface area contributed by atoms with Crippen LogP contribution in [0.1, 0.15) is 5.56 Å². The molecule has 0 aliphatic carbocycles. The minimum Gasteiger partial charge on any atom is -0.497 e. The number of fused-ring (bicyclic) bond motifs is 1. The second-order valence-corrected chi connectivity index (χ2v) is 4.19. The van der Waals surface area contributed by atoms with Crippen LogP contribution < -0.4 is 4.74 Å². The van der Waals surface area contributed by atoms with Crippen LogP contribution in [0.3, 0.4) is 0 Å². The average molecular weight is 239 g/mol. The molecule has 0 unspecified atom stereocenters. The lowest BCUT2D eigenvalue weighted by atomic mass is 10.2. The highest BCUT2D eigenvalue weighted by atomic mass is 16.5. The Kier molecular flexibility index (Phi) is 2.48. The summed E-state index contributed by atoms with van der Waals surface area (Å²) in [7, 11) is 1.64. The second-order valence-electron chi connectivity index (χ2n) is 4.19. The molecule has 0 saturated carbocycles. The van der Waals surface area contributed by atoms with E-state index in [1.165, 1.54) is 5.56 Å². The predicted molar refractivity (Wildman–Crippen MR) is 70.6 cm³/mol. The third kappa shape index (κ3) is 1.82. The van der Waals surface area contributed by atoms with Gasteiger partial charge >= 0.3 is 0 Å². The Morgan fingerprint density at radius 3 is 2.89 bits per heavy atom. The lowest BCUT2D eigenvalue weighted by Crippen LogP contribution is -1.88. The van der Waals surface area contributed by atoms with Crippen LogP contribution in [0.25, 0.3) is 22.6 Å². The van der Waals surface area contributed by atoms with Crippen LogP contribution in [0.5, 0.6) is 5.75 Å². The molecule has 0 bridgehead atoms. The monoisotopic (exact) mass is 239 g/mol. The lowest BCUT2D eigenvalue weighted by molar-refractivity contribution is 0.414. The van der Waals surface area contributed by atoms with E-state index < -0.39 is 0 Å². The molecule has 0 atom stereocenters. The van der Waals surface area contributed by atoms with Crippen molar-refractivity contribution in [2.75, 3.05) is 7.11 Å². The van der Waals surface area contributed by atoms with Crippen molar-refractivity contribution in [3.8, 4) is 17.3 Å². The van der Waals surface area contributed by atoms with E-state index >= 15 is 0 Å². The molecule has 0 radical (unpaired) electrons. The van der Waals surface area contributed by atoms with Gasteiger partial charge in [0.05, 0.1) is 18.1 Å². The number of H-pyrrole nitrogens is 1. The smallest absolute Gasteiger partial charge is 0.157 e. The van der Waals surface area contributed by atoms with Crippen LogP contribution in [-0.2, 0) is 0 Å². The molecule has 0 aliphatic heterocycles. The zero-order valence-electron chi connectivity index (χ0n) is 10.3. The number of aromatic amines is 1. The number of nitrogens with zero attached hydrogens (tertiary/aromatic N) is 2. The van der Waals surface area contributed by atoms with Gasteiger partial charge in [-0.15, -0.1) is 0 Å². The summed E-state index contributed by atoms with van der Waals surface area (Å²) in [6.45, 7) is 2.06. The number of hydrogen-bond donors (Lipinski definition) is 1. The summed E-state index contributed by atoms with van der Waals surface area (Å²) in [4.78, 5) is 12.1. The first-order valence-corrected chi connectivity index (χ1v) is 5.73. The van der Waals surface area contributed by atoms with E-state index in [0.717, 1.165) is 28.3 Å². The first kappa shape index (κ1) is 10.8. The van der Waals surface area contributed by atoms with Crippen LogP contribution in [0.15, 0.2) is 36.5 Å². The molecule has 2 aromatic heterocycles. The van der Waals surface area contributed by atoms with Gasteiger partial charge in [0.1, 0.15) is 11.4 Å². The van der Waals surface area contributed by atoms with Crippen LogP contribution >= 0.6 is 0 Å². The van der Waals surface area contributed by atoms with Crippen LogP contribution in [0, 0.1) is 6.92 Å². The summed E-state index contributed by atoms with van der Waals surface area (Å²) in [6.07, 6.45) is 1.71. The van der Waals surface area contributed by atoms with Crippen molar-refractivity contribution in [3.63, 3.8) is 0 Å². The van der Waals surface area contributed by atoms with E-state index in [4.69, 9.17) is 4.74 Å². The topological polar surface area (TPSA) is 50.8 Å². The maximum absolute atomic E-state index is 5.19. The van der Waals surface area contributed by atoms with Gasteiger partial charge in [0.25, 0.3) is 0 Å². The van der Waals surface area contributed by atoms with Crippen molar-refractivity contribution in [2.45, 2.75) is 6.92 Å². The molecular weight excluding hydrogens is 226 g/mol. The Morgan fingerprint density at radius 1 is 1.17 bits per heavy atom. The van der Waals surface area contributed by atoms with E-state index in [1.807, 2.05) is 24.3 Å². The molecule has 4 heteroatoms. The minimum absolute atomic E-state index is 0.759. The fraction of sp³-hybridized carbons (Fsp3) is 0.143. The third-order valence-electron chi connectivity index (χ3n) is 2.85. The summed E-state index contributed by atoms with van der Waals surface area (Å²) in [6, 6.07) is 9.81. The number of aromatic nitrogens is 3. The van der Waals surface area contributed by atoms with E-state index in [9.17, 15) is 0 Å². The quantitative estimate of drug-likeness (QED) is 0.748. The summed E-state index contributed by atoms with van der Waals surface area (Å²) in [5.74, 6) is 1.53. The van der Waals surface area contributed by atoms with Crippen molar-refractivity contribution in [1.82, 2.24) is 15.0 Å². The Hall–Kier alpha value is -2.36. The molecule has 2 heterocycles. The van der Waals surface area contributed by atoms with E-state index in [-0.39, 0.29) is 0 Å². The van der Waals surface area contributed by atoms with E-state index in [0.29, 0.717) is 0 Å². The molecule has 0 aliphatic rings. The fourth-order valence-corrected chi connectivity index (χ4v) is 1.91. The summed E-state index contributed by atoms with van der Waals surface area (Å²) >= 11 is 0. The standard InChI is InChI=1S/C14H13N3O/c1-9-3-4-11-12(7-9)17-14(16-11)13-8-10(18-2)5-6-15-13/h3-8H,1-2H3,(H,16,17). The van der Waals surface area contributed by atoms with Gasteiger partial charge in [-0.2, -0.15) is 0 Å². The molecule has 0 spiro atoms. The van der Waals surface area contributed by atoms with Gasteiger partial charge in [0.15, 0.2) is 5.82 Å². The lowest BCUT2D eigenvalue weighted by Gasteiger charge is -2.00. The molecule has 3 rings (SSSR count). The number of imidazole rings is 1. The summed E-state index contributed by atoms with van der Waals surface area (Å²) < 4.78 is 5.19. The normalized spacial score (nSPS) is 10.8. The van der Waals surface area contributed by atoms with Crippen molar-refractivity contribution in [1.29, 1.82) is 0 Å². The molecule has 18 heavy (non-hydrogen) atoms. The van der Waals surface area contributed by atoms with Crippen molar-refractivity contribution in [2.24, 2.45) is 0 Å². The Morgan fingerprint density at radius 2 is 2.06 bits per heavy atom. The summed E-state index contributed by atoms with van der Waals surface area (Å²) in [5.41, 5.74) is 3.95. The van der Waals surface area contributed by atoms with Crippen molar-refractivity contribution >= 4 is 11.0 Å². The molecule has 90 valence electrons. The van der Waals surface area contributed by atoms with Crippen LogP contribution in [-0.4, -0.2) is 22.1 Å². The first-order chi connectivity index (χ1) is 8.76. The highest BCUT2D eigenvalue weighted by molar-refractivity contribution is 5.79. The highest BCUT2D eigenvalue weighted by Crippen LogP contribution is 2.22. The third-order valence-corrected chi connectivity index (χ3v) is 2.85. The van der Waals surface area contributed by atoms with Gasteiger partial charge in [-0.3, -0.25) is 4.98 Å².